The Hall–Kier alpha value is -3.46. The van der Waals surface area contributed by atoms with Crippen molar-refractivity contribution in [1.82, 2.24) is 10.2 Å². The summed E-state index contributed by atoms with van der Waals surface area (Å²) in [5, 5.41) is 5.86. The maximum Gasteiger partial charge on any atom is 0.248 e. The van der Waals surface area contributed by atoms with E-state index in [9.17, 15) is 14.0 Å². The van der Waals surface area contributed by atoms with E-state index < -0.39 is 0 Å². The number of amides is 2. The van der Waals surface area contributed by atoms with Gasteiger partial charge in [-0.05, 0) is 54.7 Å². The summed E-state index contributed by atoms with van der Waals surface area (Å²) < 4.78 is 19.3. The molecule has 0 saturated carbocycles. The molecule has 2 heterocycles. The van der Waals surface area contributed by atoms with Gasteiger partial charge in [0.05, 0.1) is 22.3 Å². The topological polar surface area (TPSA) is 96.7 Å². The van der Waals surface area contributed by atoms with Crippen LogP contribution in [0.3, 0.4) is 0 Å². The molecule has 2 atom stereocenters. The Kier molecular flexibility index (Phi) is 8.99. The van der Waals surface area contributed by atoms with E-state index in [4.69, 9.17) is 22.1 Å². The van der Waals surface area contributed by atoms with Crippen molar-refractivity contribution in [2.75, 3.05) is 37.4 Å². The lowest BCUT2D eigenvalue weighted by atomic mass is 9.87. The van der Waals surface area contributed by atoms with E-state index in [0.717, 1.165) is 43.7 Å². The van der Waals surface area contributed by atoms with Gasteiger partial charge in [-0.1, -0.05) is 48.0 Å². The third-order valence-electron chi connectivity index (χ3n) is 7.86. The molecule has 2 fully saturated rings. The van der Waals surface area contributed by atoms with Crippen molar-refractivity contribution in [3.8, 4) is 0 Å². The van der Waals surface area contributed by atoms with Gasteiger partial charge in [-0.15, -0.1) is 0 Å². The van der Waals surface area contributed by atoms with Gasteiger partial charge in [0.25, 0.3) is 0 Å². The summed E-state index contributed by atoms with van der Waals surface area (Å²) in [6.07, 6.45) is 7.25. The molecule has 1 aliphatic carbocycles. The van der Waals surface area contributed by atoms with Crippen LogP contribution in [-0.2, 0) is 14.3 Å². The van der Waals surface area contributed by atoms with Gasteiger partial charge in [-0.3, -0.25) is 14.5 Å². The molecule has 5 rings (SSSR count). The Balaban J connectivity index is 1.29. The molecule has 0 radical (unpaired) electrons. The Morgan fingerprint density at radius 3 is 2.50 bits per heavy atom. The first kappa shape index (κ1) is 28.1. The van der Waals surface area contributed by atoms with Gasteiger partial charge in [-0.25, -0.2) is 4.39 Å². The second-order valence-corrected chi connectivity index (χ2v) is 10.9. The number of allylic oxidation sites excluding steroid dienone is 4. The summed E-state index contributed by atoms with van der Waals surface area (Å²) in [4.78, 5) is 28.3. The van der Waals surface area contributed by atoms with E-state index >= 15 is 0 Å². The zero-order valence-electron chi connectivity index (χ0n) is 22.2. The number of nitrogens with one attached hydrogen (secondary N) is 2. The molecular formula is C31H34ClFN4O3. The third-order valence-corrected chi connectivity index (χ3v) is 8.17. The fraction of sp³-hybridized carbons (Fsp3) is 0.355. The smallest absolute Gasteiger partial charge is 0.248 e. The van der Waals surface area contributed by atoms with Gasteiger partial charge in [0.2, 0.25) is 11.8 Å². The Morgan fingerprint density at radius 2 is 1.77 bits per heavy atom. The number of anilines is 2. The number of nitrogen functional groups attached to an aromatic ring is 1. The van der Waals surface area contributed by atoms with Crippen molar-refractivity contribution in [1.29, 1.82) is 0 Å². The van der Waals surface area contributed by atoms with Crippen molar-refractivity contribution < 1.29 is 18.7 Å². The summed E-state index contributed by atoms with van der Waals surface area (Å²) in [6.45, 7) is 2.89. The van der Waals surface area contributed by atoms with Crippen molar-refractivity contribution in [3.05, 3.63) is 88.4 Å². The molecular weight excluding hydrogens is 531 g/mol. The number of carbonyl (C=O) groups is 2. The third kappa shape index (κ3) is 6.81. The standard InChI is InChI=1S/C31H34ClFN4O3/c32-26-17-22(10-11-27(26)33)35-31(39)25-19-37(23-13-15-40-16-14-23)18-24(25)21-8-5-20(6-9-21)7-12-30(38)36-29-4-2-1-3-28(29)34/h1-9,12,17,23-25H,10-11,13-16,18-19,34H2,(H,35,39)(H,36,38)/b12-7+. The first-order chi connectivity index (χ1) is 19.4. The number of para-hydroxylation sites is 2. The van der Waals surface area contributed by atoms with E-state index in [1.807, 2.05) is 36.4 Å². The summed E-state index contributed by atoms with van der Waals surface area (Å²) in [6, 6.07) is 15.5. The van der Waals surface area contributed by atoms with Crippen LogP contribution < -0.4 is 16.4 Å². The molecule has 0 spiro atoms. The van der Waals surface area contributed by atoms with Crippen LogP contribution >= 0.6 is 11.6 Å². The molecule has 2 saturated heterocycles. The number of hydrogen-bond acceptors (Lipinski definition) is 5. The predicted molar refractivity (Wildman–Crippen MR) is 156 cm³/mol. The number of nitrogens with two attached hydrogens (primary N) is 1. The number of rotatable bonds is 7. The lowest BCUT2D eigenvalue weighted by Crippen LogP contribution is -2.39. The number of halogens is 2. The van der Waals surface area contributed by atoms with Crippen LogP contribution in [0, 0.1) is 5.92 Å². The minimum atomic E-state index is -0.347. The maximum atomic E-state index is 13.7. The van der Waals surface area contributed by atoms with Crippen LogP contribution in [0.5, 0.6) is 0 Å². The maximum absolute atomic E-state index is 13.7. The molecule has 9 heteroatoms. The molecule has 40 heavy (non-hydrogen) atoms. The quantitative estimate of drug-likeness (QED) is 0.312. The largest absolute Gasteiger partial charge is 0.397 e. The molecule has 3 aliphatic rings. The van der Waals surface area contributed by atoms with Crippen LogP contribution in [0.4, 0.5) is 15.8 Å². The summed E-state index contributed by atoms with van der Waals surface area (Å²) in [7, 11) is 0. The Bertz CT molecular complexity index is 1330. The highest BCUT2D eigenvalue weighted by Gasteiger charge is 2.41. The zero-order chi connectivity index (χ0) is 28.1. The Morgan fingerprint density at radius 1 is 1.02 bits per heavy atom. The van der Waals surface area contributed by atoms with Crippen molar-refractivity contribution in [2.24, 2.45) is 5.92 Å². The number of carbonyl (C=O) groups excluding carboxylic acids is 2. The Labute approximate surface area is 238 Å². The SMILES string of the molecule is Nc1ccccc1NC(=O)/C=C/c1ccc(C2CN(C3CCOCC3)CC2C(=O)NC2=CC(Cl)=C(F)CC2)cc1. The van der Waals surface area contributed by atoms with Crippen LogP contribution in [0.1, 0.15) is 42.7 Å². The van der Waals surface area contributed by atoms with Gasteiger partial charge in [-0.2, -0.15) is 0 Å². The van der Waals surface area contributed by atoms with E-state index in [0.29, 0.717) is 36.1 Å². The highest BCUT2D eigenvalue weighted by atomic mass is 35.5. The van der Waals surface area contributed by atoms with Gasteiger partial charge in [0.15, 0.2) is 0 Å². The van der Waals surface area contributed by atoms with Gasteiger partial charge in [0.1, 0.15) is 5.83 Å². The van der Waals surface area contributed by atoms with E-state index in [2.05, 4.69) is 15.5 Å². The molecule has 2 unspecified atom stereocenters. The normalized spacial score (nSPS) is 22.4. The molecule has 0 bridgehead atoms. The highest BCUT2D eigenvalue weighted by Crippen LogP contribution is 2.36. The van der Waals surface area contributed by atoms with Crippen LogP contribution in [-0.4, -0.2) is 49.1 Å². The van der Waals surface area contributed by atoms with Gasteiger partial charge >= 0.3 is 0 Å². The van der Waals surface area contributed by atoms with E-state index in [1.165, 1.54) is 12.2 Å². The summed E-state index contributed by atoms with van der Waals surface area (Å²) >= 11 is 5.98. The minimum Gasteiger partial charge on any atom is -0.397 e. The zero-order valence-corrected chi connectivity index (χ0v) is 23.0. The van der Waals surface area contributed by atoms with E-state index in [-0.39, 0.29) is 40.9 Å². The molecule has 2 aromatic rings. The average Bonchev–Trinajstić information content (AvgIpc) is 3.42. The summed E-state index contributed by atoms with van der Waals surface area (Å²) in [5.74, 6) is -0.953. The monoisotopic (exact) mass is 564 g/mol. The number of ether oxygens (including phenoxy) is 1. The lowest BCUT2D eigenvalue weighted by Gasteiger charge is -2.31. The van der Waals surface area contributed by atoms with Crippen LogP contribution in [0.2, 0.25) is 0 Å². The highest BCUT2D eigenvalue weighted by molar-refractivity contribution is 6.31. The second-order valence-electron chi connectivity index (χ2n) is 10.5. The van der Waals surface area contributed by atoms with Crippen molar-refractivity contribution >= 4 is 40.9 Å². The van der Waals surface area contributed by atoms with Crippen molar-refractivity contribution in [3.63, 3.8) is 0 Å². The number of benzene rings is 2. The summed E-state index contributed by atoms with van der Waals surface area (Å²) in [5.41, 5.74) is 9.56. The van der Waals surface area contributed by atoms with Crippen LogP contribution in [0.15, 0.2) is 77.2 Å². The molecule has 7 nitrogen and oxygen atoms in total. The van der Waals surface area contributed by atoms with Crippen molar-refractivity contribution in [2.45, 2.75) is 37.6 Å². The van der Waals surface area contributed by atoms with Gasteiger partial charge < -0.3 is 21.1 Å². The fourth-order valence-corrected chi connectivity index (χ4v) is 5.84. The molecule has 2 aromatic carbocycles. The molecule has 0 aromatic heterocycles. The number of nitrogens with zero attached hydrogens (tertiary/aromatic N) is 1. The van der Waals surface area contributed by atoms with Gasteiger partial charge in [0, 0.05) is 56.5 Å². The first-order valence-electron chi connectivity index (χ1n) is 13.7. The van der Waals surface area contributed by atoms with E-state index in [1.54, 1.807) is 18.2 Å². The molecule has 210 valence electrons. The second kappa shape index (κ2) is 12.8. The lowest BCUT2D eigenvalue weighted by molar-refractivity contribution is -0.124. The molecule has 2 amide bonds. The van der Waals surface area contributed by atoms with Crippen LogP contribution in [0.25, 0.3) is 6.08 Å². The predicted octanol–water partition coefficient (Wildman–Crippen LogP) is 5.33. The average molecular weight is 565 g/mol. The minimum absolute atomic E-state index is 0.00262. The number of hydrogen-bond donors (Lipinski definition) is 3. The first-order valence-corrected chi connectivity index (χ1v) is 14.1. The molecule has 4 N–H and O–H groups in total. The number of likely N-dealkylation sites (tertiary alicyclic amines) is 1. The molecule has 2 aliphatic heterocycles. The fourth-order valence-electron chi connectivity index (χ4n) is 5.61.